The molecule has 1 saturated carbocycles. The molecule has 1 aliphatic rings. The second kappa shape index (κ2) is 4.45. The van der Waals surface area contributed by atoms with Crippen LogP contribution in [0.15, 0.2) is 29.2 Å². The second-order valence-electron chi connectivity index (χ2n) is 4.23. The topological polar surface area (TPSA) is 46.2 Å². The lowest BCUT2D eigenvalue weighted by Gasteiger charge is -2.11. The summed E-state index contributed by atoms with van der Waals surface area (Å²) in [5.41, 5.74) is 0.762. The molecule has 0 saturated heterocycles. The van der Waals surface area contributed by atoms with E-state index in [1.165, 1.54) is 0 Å². The largest absolute Gasteiger partial charge is 0.381 e. The molecule has 0 aromatic heterocycles. The third kappa shape index (κ3) is 2.55. The van der Waals surface area contributed by atoms with Gasteiger partial charge in [-0.05, 0) is 31.4 Å². The zero-order chi connectivity index (χ0) is 11.6. The van der Waals surface area contributed by atoms with Crippen LogP contribution in [0.4, 0.5) is 5.69 Å². The lowest BCUT2D eigenvalue weighted by molar-refractivity contribution is 0.595. The van der Waals surface area contributed by atoms with Crippen molar-refractivity contribution in [3.05, 3.63) is 24.3 Å². The van der Waals surface area contributed by atoms with E-state index in [4.69, 9.17) is 0 Å². The number of rotatable bonds is 5. The minimum Gasteiger partial charge on any atom is -0.381 e. The Bertz CT molecular complexity index is 464. The first-order valence-corrected chi connectivity index (χ1v) is 7.37. The molecule has 1 aromatic rings. The zero-order valence-electron chi connectivity index (χ0n) is 9.44. The molecular weight excluding hydrogens is 222 g/mol. The molecule has 88 valence electrons. The van der Waals surface area contributed by atoms with Gasteiger partial charge in [-0.3, -0.25) is 0 Å². The number of benzene rings is 1. The van der Waals surface area contributed by atoms with E-state index in [9.17, 15) is 8.42 Å². The minimum atomic E-state index is -3.12. The van der Waals surface area contributed by atoms with Gasteiger partial charge in [0, 0.05) is 6.04 Å². The summed E-state index contributed by atoms with van der Waals surface area (Å²) in [4.78, 5) is 0.448. The predicted molar refractivity (Wildman–Crippen MR) is 65.4 cm³/mol. The van der Waals surface area contributed by atoms with E-state index in [0.29, 0.717) is 17.4 Å². The molecule has 0 aliphatic heterocycles. The normalized spacial score (nSPS) is 16.1. The molecule has 1 aromatic carbocycles. The molecule has 0 heterocycles. The lowest BCUT2D eigenvalue weighted by Crippen LogP contribution is -2.11. The number of hydrogen-bond acceptors (Lipinski definition) is 3. The van der Waals surface area contributed by atoms with Gasteiger partial charge in [0.25, 0.3) is 0 Å². The SMILES string of the molecule is CCCS(=O)(=O)c1ccccc1NC1CC1. The fourth-order valence-corrected chi connectivity index (χ4v) is 3.19. The number of nitrogens with one attached hydrogen (secondary N) is 1. The van der Waals surface area contributed by atoms with Crippen LogP contribution in [0.25, 0.3) is 0 Å². The highest BCUT2D eigenvalue weighted by Crippen LogP contribution is 2.29. The zero-order valence-corrected chi connectivity index (χ0v) is 10.3. The lowest BCUT2D eigenvalue weighted by atomic mass is 10.3. The Kier molecular flexibility index (Phi) is 3.19. The van der Waals surface area contributed by atoms with Crippen molar-refractivity contribution in [2.24, 2.45) is 0 Å². The Morgan fingerprint density at radius 3 is 2.62 bits per heavy atom. The smallest absolute Gasteiger partial charge is 0.180 e. The Hall–Kier alpha value is -1.03. The summed E-state index contributed by atoms with van der Waals surface area (Å²) in [6.07, 6.45) is 2.93. The van der Waals surface area contributed by atoms with Crippen molar-refractivity contribution in [3.63, 3.8) is 0 Å². The molecule has 0 spiro atoms. The summed E-state index contributed by atoms with van der Waals surface area (Å²) >= 11 is 0. The summed E-state index contributed by atoms with van der Waals surface area (Å²) < 4.78 is 24.0. The minimum absolute atomic E-state index is 0.219. The van der Waals surface area contributed by atoms with Gasteiger partial charge in [0.15, 0.2) is 9.84 Å². The molecule has 2 rings (SSSR count). The fourth-order valence-electron chi connectivity index (χ4n) is 1.68. The van der Waals surface area contributed by atoms with Gasteiger partial charge in [-0.2, -0.15) is 0 Å². The number of hydrogen-bond donors (Lipinski definition) is 1. The van der Waals surface area contributed by atoms with E-state index >= 15 is 0 Å². The molecule has 1 aliphatic carbocycles. The monoisotopic (exact) mass is 239 g/mol. The molecule has 4 heteroatoms. The van der Waals surface area contributed by atoms with Gasteiger partial charge in [-0.1, -0.05) is 19.1 Å². The van der Waals surface area contributed by atoms with Crippen molar-refractivity contribution in [2.45, 2.75) is 37.1 Å². The first kappa shape index (κ1) is 11.5. The second-order valence-corrected chi connectivity index (χ2v) is 6.31. The van der Waals surface area contributed by atoms with Crippen LogP contribution in [0.2, 0.25) is 0 Å². The van der Waals surface area contributed by atoms with Crippen LogP contribution in [0.3, 0.4) is 0 Å². The molecule has 1 N–H and O–H groups in total. The summed E-state index contributed by atoms with van der Waals surface area (Å²) in [7, 11) is -3.12. The third-order valence-corrected chi connectivity index (χ3v) is 4.60. The van der Waals surface area contributed by atoms with Gasteiger partial charge >= 0.3 is 0 Å². The van der Waals surface area contributed by atoms with Crippen LogP contribution in [0.1, 0.15) is 26.2 Å². The van der Waals surface area contributed by atoms with Gasteiger partial charge in [-0.25, -0.2) is 8.42 Å². The molecular formula is C12H17NO2S. The van der Waals surface area contributed by atoms with Crippen molar-refractivity contribution in [1.29, 1.82) is 0 Å². The average Bonchev–Trinajstić information content (AvgIpc) is 3.02. The third-order valence-electron chi connectivity index (χ3n) is 2.63. The van der Waals surface area contributed by atoms with Gasteiger partial charge in [-0.15, -0.1) is 0 Å². The Labute approximate surface area is 96.8 Å². The van der Waals surface area contributed by atoms with Crippen molar-refractivity contribution < 1.29 is 8.42 Å². The first-order chi connectivity index (χ1) is 7.63. The van der Waals surface area contributed by atoms with Crippen LogP contribution in [0, 0.1) is 0 Å². The van der Waals surface area contributed by atoms with Gasteiger partial charge in [0.1, 0.15) is 0 Å². The number of sulfone groups is 1. The van der Waals surface area contributed by atoms with E-state index < -0.39 is 9.84 Å². The maximum atomic E-state index is 12.0. The van der Waals surface area contributed by atoms with Gasteiger partial charge in [0.05, 0.1) is 16.3 Å². The van der Waals surface area contributed by atoms with E-state index in [-0.39, 0.29) is 5.75 Å². The first-order valence-electron chi connectivity index (χ1n) is 5.72. The summed E-state index contributed by atoms with van der Waals surface area (Å²) in [5.74, 6) is 0.219. The quantitative estimate of drug-likeness (QED) is 0.858. The Morgan fingerprint density at radius 2 is 2.00 bits per heavy atom. The maximum absolute atomic E-state index is 12.0. The Balaban J connectivity index is 2.31. The van der Waals surface area contributed by atoms with Crippen molar-refractivity contribution in [2.75, 3.05) is 11.1 Å². The maximum Gasteiger partial charge on any atom is 0.180 e. The van der Waals surface area contributed by atoms with Gasteiger partial charge in [0.2, 0.25) is 0 Å². The van der Waals surface area contributed by atoms with Crippen LogP contribution in [-0.4, -0.2) is 20.2 Å². The molecule has 16 heavy (non-hydrogen) atoms. The molecule has 3 nitrogen and oxygen atoms in total. The van der Waals surface area contributed by atoms with E-state index in [2.05, 4.69) is 5.32 Å². The van der Waals surface area contributed by atoms with Crippen LogP contribution < -0.4 is 5.32 Å². The standard InChI is InChI=1S/C12H17NO2S/c1-2-9-16(14,15)12-6-4-3-5-11(12)13-10-7-8-10/h3-6,10,13H,2,7-9H2,1H3. The highest BCUT2D eigenvalue weighted by atomic mass is 32.2. The molecule has 1 fully saturated rings. The summed E-state index contributed by atoms with van der Waals surface area (Å²) in [6.45, 7) is 1.88. The molecule has 0 radical (unpaired) electrons. The highest BCUT2D eigenvalue weighted by Gasteiger charge is 2.24. The Morgan fingerprint density at radius 1 is 1.31 bits per heavy atom. The number of anilines is 1. The van der Waals surface area contributed by atoms with Crippen LogP contribution in [-0.2, 0) is 9.84 Å². The van der Waals surface area contributed by atoms with Gasteiger partial charge < -0.3 is 5.32 Å². The molecule has 0 atom stereocenters. The molecule has 0 amide bonds. The molecule has 0 bridgehead atoms. The highest BCUT2D eigenvalue weighted by molar-refractivity contribution is 7.91. The van der Waals surface area contributed by atoms with E-state index in [1.807, 2.05) is 19.1 Å². The van der Waals surface area contributed by atoms with E-state index in [1.54, 1.807) is 12.1 Å². The predicted octanol–water partition coefficient (Wildman–Crippen LogP) is 2.44. The molecule has 0 unspecified atom stereocenters. The van der Waals surface area contributed by atoms with E-state index in [0.717, 1.165) is 18.5 Å². The van der Waals surface area contributed by atoms with Crippen molar-refractivity contribution in [1.82, 2.24) is 0 Å². The van der Waals surface area contributed by atoms with Crippen molar-refractivity contribution >= 4 is 15.5 Å². The van der Waals surface area contributed by atoms with Crippen molar-refractivity contribution in [3.8, 4) is 0 Å². The fraction of sp³-hybridized carbons (Fsp3) is 0.500. The average molecular weight is 239 g/mol. The van der Waals surface area contributed by atoms with Crippen LogP contribution >= 0.6 is 0 Å². The van der Waals surface area contributed by atoms with Crippen LogP contribution in [0.5, 0.6) is 0 Å². The summed E-state index contributed by atoms with van der Waals surface area (Å²) in [6, 6.07) is 7.66. The number of para-hydroxylation sites is 1. The summed E-state index contributed by atoms with van der Waals surface area (Å²) in [5, 5.41) is 3.27.